The van der Waals surface area contributed by atoms with Crippen molar-refractivity contribution in [2.75, 3.05) is 6.61 Å². The summed E-state index contributed by atoms with van der Waals surface area (Å²) in [4.78, 5) is 16.8. The lowest BCUT2D eigenvalue weighted by Gasteiger charge is -2.12. The summed E-state index contributed by atoms with van der Waals surface area (Å²) in [5.74, 6) is 1.67. The Bertz CT molecular complexity index is 1080. The normalized spacial score (nSPS) is 10.9. The zero-order valence-electron chi connectivity index (χ0n) is 15.6. The molecule has 0 radical (unpaired) electrons. The smallest absolute Gasteiger partial charge is 0.287 e. The van der Waals surface area contributed by atoms with Crippen molar-refractivity contribution in [3.05, 3.63) is 84.1 Å². The van der Waals surface area contributed by atoms with Gasteiger partial charge < -0.3 is 19.0 Å². The Morgan fingerprint density at radius 1 is 1.11 bits per heavy atom. The third-order valence-corrected chi connectivity index (χ3v) is 4.55. The van der Waals surface area contributed by atoms with Gasteiger partial charge in [0.2, 0.25) is 0 Å². The minimum Gasteiger partial charge on any atom is -0.491 e. The summed E-state index contributed by atoms with van der Waals surface area (Å²) in [7, 11) is 0. The number of ether oxygens (including phenoxy) is 1. The fourth-order valence-electron chi connectivity index (χ4n) is 3.13. The molecule has 1 N–H and O–H groups in total. The van der Waals surface area contributed by atoms with E-state index in [1.807, 2.05) is 55.5 Å². The topological polar surface area (TPSA) is 69.3 Å². The molecule has 0 aliphatic heterocycles. The highest BCUT2D eigenvalue weighted by Gasteiger charge is 2.13. The van der Waals surface area contributed by atoms with Gasteiger partial charge in [-0.3, -0.25) is 4.79 Å². The summed E-state index contributed by atoms with van der Waals surface area (Å²) in [5, 5.41) is 2.86. The first kappa shape index (κ1) is 17.9. The SMILES string of the molecule is Cc1ccccc1OCCn1c(CNC(=O)c2ccco2)nc2ccccc21. The Hall–Kier alpha value is -3.54. The molecule has 0 bridgehead atoms. The van der Waals surface area contributed by atoms with Crippen molar-refractivity contribution in [3.8, 4) is 5.75 Å². The van der Waals surface area contributed by atoms with E-state index in [0.717, 1.165) is 28.2 Å². The molecule has 0 unspecified atom stereocenters. The molecule has 4 rings (SSSR count). The number of nitrogens with one attached hydrogen (secondary N) is 1. The largest absolute Gasteiger partial charge is 0.491 e. The molecule has 0 saturated carbocycles. The number of rotatable bonds is 7. The van der Waals surface area contributed by atoms with E-state index in [2.05, 4.69) is 14.9 Å². The number of imidazole rings is 1. The van der Waals surface area contributed by atoms with E-state index in [0.29, 0.717) is 19.7 Å². The van der Waals surface area contributed by atoms with E-state index in [1.165, 1.54) is 6.26 Å². The maximum Gasteiger partial charge on any atom is 0.287 e. The Balaban J connectivity index is 1.50. The monoisotopic (exact) mass is 375 g/mol. The molecular formula is C22H21N3O3. The van der Waals surface area contributed by atoms with Crippen molar-refractivity contribution in [2.24, 2.45) is 0 Å². The summed E-state index contributed by atoms with van der Waals surface area (Å²) >= 11 is 0. The number of para-hydroxylation sites is 3. The van der Waals surface area contributed by atoms with Gasteiger partial charge in [-0.05, 0) is 42.8 Å². The lowest BCUT2D eigenvalue weighted by atomic mass is 10.2. The second-order valence-corrected chi connectivity index (χ2v) is 6.44. The Kier molecular flexibility index (Phi) is 5.10. The van der Waals surface area contributed by atoms with Gasteiger partial charge in [-0.1, -0.05) is 30.3 Å². The predicted octanol–water partition coefficient (Wildman–Crippen LogP) is 3.95. The average molecular weight is 375 g/mol. The zero-order valence-corrected chi connectivity index (χ0v) is 15.6. The third-order valence-electron chi connectivity index (χ3n) is 4.55. The van der Waals surface area contributed by atoms with Gasteiger partial charge in [0.05, 0.1) is 30.4 Å². The average Bonchev–Trinajstić information content (AvgIpc) is 3.36. The van der Waals surface area contributed by atoms with Crippen molar-refractivity contribution < 1.29 is 13.9 Å². The van der Waals surface area contributed by atoms with Crippen LogP contribution in [-0.4, -0.2) is 22.1 Å². The van der Waals surface area contributed by atoms with Gasteiger partial charge in [-0.15, -0.1) is 0 Å². The van der Waals surface area contributed by atoms with Gasteiger partial charge in [0.1, 0.15) is 18.2 Å². The fraction of sp³-hybridized carbons (Fsp3) is 0.182. The van der Waals surface area contributed by atoms with Gasteiger partial charge in [0, 0.05) is 0 Å². The molecule has 4 aromatic rings. The van der Waals surface area contributed by atoms with Crippen LogP contribution in [0.2, 0.25) is 0 Å². The molecule has 142 valence electrons. The van der Waals surface area contributed by atoms with Crippen molar-refractivity contribution in [1.29, 1.82) is 0 Å². The molecule has 6 nitrogen and oxygen atoms in total. The van der Waals surface area contributed by atoms with Crippen molar-refractivity contribution in [2.45, 2.75) is 20.0 Å². The number of fused-ring (bicyclic) bond motifs is 1. The first-order chi connectivity index (χ1) is 13.7. The summed E-state index contributed by atoms with van der Waals surface area (Å²) in [6.07, 6.45) is 1.48. The van der Waals surface area contributed by atoms with Crippen LogP contribution in [0, 0.1) is 6.92 Å². The third kappa shape index (κ3) is 3.76. The highest BCUT2D eigenvalue weighted by molar-refractivity contribution is 5.91. The minimum atomic E-state index is -0.264. The molecule has 0 aliphatic carbocycles. The molecule has 0 spiro atoms. The van der Waals surface area contributed by atoms with Crippen molar-refractivity contribution in [1.82, 2.24) is 14.9 Å². The van der Waals surface area contributed by atoms with E-state index < -0.39 is 0 Å². The van der Waals surface area contributed by atoms with E-state index in [1.54, 1.807) is 12.1 Å². The predicted molar refractivity (Wildman–Crippen MR) is 106 cm³/mol. The van der Waals surface area contributed by atoms with Crippen LogP contribution in [0.4, 0.5) is 0 Å². The van der Waals surface area contributed by atoms with Crippen molar-refractivity contribution in [3.63, 3.8) is 0 Å². The number of amides is 1. The number of nitrogens with zero attached hydrogens (tertiary/aromatic N) is 2. The van der Waals surface area contributed by atoms with Crippen LogP contribution < -0.4 is 10.1 Å². The standard InChI is InChI=1S/C22H21N3O3/c1-16-7-2-5-10-19(16)28-14-12-25-18-9-4-3-8-17(18)24-21(25)15-23-22(26)20-11-6-13-27-20/h2-11,13H,12,14-15H2,1H3,(H,23,26). The molecule has 0 fully saturated rings. The fourth-order valence-corrected chi connectivity index (χ4v) is 3.13. The van der Waals surface area contributed by atoms with Crippen LogP contribution in [0.15, 0.2) is 71.3 Å². The van der Waals surface area contributed by atoms with Crippen LogP contribution >= 0.6 is 0 Å². The second-order valence-electron chi connectivity index (χ2n) is 6.44. The van der Waals surface area contributed by atoms with Crippen LogP contribution in [0.3, 0.4) is 0 Å². The second kappa shape index (κ2) is 8.00. The summed E-state index contributed by atoms with van der Waals surface area (Å²) in [5.41, 5.74) is 3.00. The molecule has 1 amide bonds. The number of carbonyl (C=O) groups is 1. The number of carbonyl (C=O) groups excluding carboxylic acids is 1. The quantitative estimate of drug-likeness (QED) is 0.531. The molecule has 0 atom stereocenters. The first-order valence-electron chi connectivity index (χ1n) is 9.16. The number of hydrogen-bond acceptors (Lipinski definition) is 4. The van der Waals surface area contributed by atoms with Gasteiger partial charge >= 0.3 is 0 Å². The Morgan fingerprint density at radius 2 is 1.93 bits per heavy atom. The van der Waals surface area contributed by atoms with E-state index in [9.17, 15) is 4.79 Å². The minimum absolute atomic E-state index is 0.264. The van der Waals surface area contributed by atoms with Gasteiger partial charge in [0.25, 0.3) is 5.91 Å². The highest BCUT2D eigenvalue weighted by atomic mass is 16.5. The zero-order chi connectivity index (χ0) is 19.3. The summed E-state index contributed by atoms with van der Waals surface area (Å²) < 4.78 is 13.2. The molecule has 0 saturated heterocycles. The molecule has 2 aromatic carbocycles. The molecule has 0 aliphatic rings. The number of furan rings is 1. The van der Waals surface area contributed by atoms with Crippen LogP contribution in [0.25, 0.3) is 11.0 Å². The van der Waals surface area contributed by atoms with Gasteiger partial charge in [-0.2, -0.15) is 0 Å². The molecule has 6 heteroatoms. The molecule has 2 heterocycles. The van der Waals surface area contributed by atoms with Crippen LogP contribution in [0.1, 0.15) is 21.9 Å². The number of aryl methyl sites for hydroxylation is 1. The van der Waals surface area contributed by atoms with Gasteiger partial charge in [-0.25, -0.2) is 4.98 Å². The molecule has 28 heavy (non-hydrogen) atoms. The van der Waals surface area contributed by atoms with E-state index >= 15 is 0 Å². The number of hydrogen-bond donors (Lipinski definition) is 1. The van der Waals surface area contributed by atoms with E-state index in [-0.39, 0.29) is 11.7 Å². The lowest BCUT2D eigenvalue weighted by Crippen LogP contribution is -2.25. The number of aromatic nitrogens is 2. The Morgan fingerprint density at radius 3 is 2.75 bits per heavy atom. The maximum atomic E-state index is 12.2. The Labute approximate surface area is 162 Å². The molecular weight excluding hydrogens is 354 g/mol. The van der Waals surface area contributed by atoms with E-state index in [4.69, 9.17) is 9.15 Å². The lowest BCUT2D eigenvalue weighted by molar-refractivity contribution is 0.0921. The summed E-state index contributed by atoms with van der Waals surface area (Å²) in [6, 6.07) is 19.2. The number of benzene rings is 2. The van der Waals surface area contributed by atoms with Crippen molar-refractivity contribution >= 4 is 16.9 Å². The first-order valence-corrected chi connectivity index (χ1v) is 9.16. The summed E-state index contributed by atoms with van der Waals surface area (Å²) in [6.45, 7) is 3.46. The molecule has 2 aromatic heterocycles. The van der Waals surface area contributed by atoms with Crippen LogP contribution in [-0.2, 0) is 13.1 Å². The highest BCUT2D eigenvalue weighted by Crippen LogP contribution is 2.18. The maximum absolute atomic E-state index is 12.2. The van der Waals surface area contributed by atoms with Gasteiger partial charge in [0.15, 0.2) is 5.76 Å². The van der Waals surface area contributed by atoms with Crippen LogP contribution in [0.5, 0.6) is 5.75 Å².